The van der Waals surface area contributed by atoms with Gasteiger partial charge in [-0.05, 0) is 47.9 Å². The molecule has 0 aromatic heterocycles. The summed E-state index contributed by atoms with van der Waals surface area (Å²) in [6.45, 7) is -1.07. The molecule has 2 heterocycles. The molecule has 2 aliphatic rings. The van der Waals surface area contributed by atoms with Gasteiger partial charge in [0, 0.05) is 0 Å². The van der Waals surface area contributed by atoms with Gasteiger partial charge in [-0.15, -0.1) is 0 Å². The Bertz CT molecular complexity index is 2030. The zero-order valence-electron chi connectivity index (χ0n) is 24.6. The highest BCUT2D eigenvalue weighted by atomic mass is 35.5. The zero-order valence-corrected chi connectivity index (χ0v) is 27.1. The minimum Gasteiger partial charge on any atom is -0.534 e. The normalized spacial score (nSPS) is 16.9. The highest BCUT2D eigenvalue weighted by Gasteiger charge is 2.44. The SMILES string of the molecule is O=C(O)c1cccc2c1OB(O)C(NC(=O)C(NC(=O)N1CCN(S(=O)(=O)c3ccc(O)c(O)c3Cl)C1=O)c1ccc(P(=O)(O)O)cc1)C2. The van der Waals surface area contributed by atoms with Crippen molar-refractivity contribution in [2.45, 2.75) is 23.3 Å². The molecule has 2 unspecified atom stereocenters. The number of urea groups is 2. The van der Waals surface area contributed by atoms with Gasteiger partial charge < -0.3 is 45.4 Å². The number of nitrogens with one attached hydrogen (secondary N) is 2. The van der Waals surface area contributed by atoms with Crippen molar-refractivity contribution in [1.82, 2.24) is 19.8 Å². The number of aromatic hydroxyl groups is 2. The average Bonchev–Trinajstić information content (AvgIpc) is 3.44. The van der Waals surface area contributed by atoms with Crippen LogP contribution in [0.3, 0.4) is 0 Å². The number of para-hydroxylation sites is 1. The Morgan fingerprint density at radius 3 is 2.35 bits per heavy atom. The Hall–Kier alpha value is -4.85. The summed E-state index contributed by atoms with van der Waals surface area (Å²) in [6, 6.07) is 5.76. The number of carboxylic acid groups (broad SMARTS) is 1. The van der Waals surface area contributed by atoms with Gasteiger partial charge in [-0.3, -0.25) is 9.36 Å². The summed E-state index contributed by atoms with van der Waals surface area (Å²) in [5.41, 5.74) is 0.0471. The van der Waals surface area contributed by atoms with Crippen molar-refractivity contribution in [1.29, 1.82) is 0 Å². The average molecular weight is 739 g/mol. The molecule has 18 nitrogen and oxygen atoms in total. The lowest BCUT2D eigenvalue weighted by molar-refractivity contribution is -0.123. The van der Waals surface area contributed by atoms with E-state index < -0.39 is 100 Å². The molecule has 0 saturated carbocycles. The van der Waals surface area contributed by atoms with Crippen molar-refractivity contribution in [2.24, 2.45) is 0 Å². The third-order valence-electron chi connectivity index (χ3n) is 7.61. The molecule has 22 heteroatoms. The largest absolute Gasteiger partial charge is 0.547 e. The fourth-order valence-electron chi connectivity index (χ4n) is 5.13. The summed E-state index contributed by atoms with van der Waals surface area (Å²) in [7, 11) is -11.2. The number of halogens is 1. The first-order valence-corrected chi connectivity index (χ1v) is 17.4. The van der Waals surface area contributed by atoms with E-state index in [0.717, 1.165) is 36.4 Å². The number of rotatable bonds is 8. The van der Waals surface area contributed by atoms with Crippen LogP contribution in [0.15, 0.2) is 59.5 Å². The van der Waals surface area contributed by atoms with Crippen LogP contribution >= 0.6 is 19.2 Å². The second-order valence-electron chi connectivity index (χ2n) is 10.7. The number of aromatic carboxylic acids is 1. The fourth-order valence-corrected chi connectivity index (χ4v) is 7.54. The smallest absolute Gasteiger partial charge is 0.534 e. The van der Waals surface area contributed by atoms with E-state index in [1.165, 1.54) is 18.2 Å². The van der Waals surface area contributed by atoms with E-state index in [4.69, 9.17) is 16.3 Å². The van der Waals surface area contributed by atoms with Crippen LogP contribution in [0.4, 0.5) is 9.59 Å². The Balaban J connectivity index is 1.40. The van der Waals surface area contributed by atoms with E-state index in [2.05, 4.69) is 10.6 Å². The van der Waals surface area contributed by atoms with Crippen molar-refractivity contribution in [3.63, 3.8) is 0 Å². The molecule has 5 amide bonds. The van der Waals surface area contributed by atoms with Crippen LogP contribution in [-0.2, 0) is 25.8 Å². The van der Waals surface area contributed by atoms with Gasteiger partial charge in [-0.25, -0.2) is 32.0 Å². The third-order valence-corrected chi connectivity index (χ3v) is 10.9. The highest BCUT2D eigenvalue weighted by Crippen LogP contribution is 2.39. The molecule has 1 saturated heterocycles. The van der Waals surface area contributed by atoms with Gasteiger partial charge in [0.15, 0.2) is 11.5 Å². The maximum Gasteiger partial charge on any atom is 0.547 e. The van der Waals surface area contributed by atoms with Crippen LogP contribution in [0, 0.1) is 0 Å². The van der Waals surface area contributed by atoms with Crippen LogP contribution < -0.4 is 20.6 Å². The molecule has 3 aromatic rings. The lowest BCUT2D eigenvalue weighted by atomic mass is 9.72. The summed E-state index contributed by atoms with van der Waals surface area (Å²) >= 11 is 5.89. The lowest BCUT2D eigenvalue weighted by Crippen LogP contribution is -2.56. The molecule has 0 aliphatic carbocycles. The molecule has 49 heavy (non-hydrogen) atoms. The molecule has 2 aliphatic heterocycles. The number of hydrogen-bond acceptors (Lipinski definition) is 11. The van der Waals surface area contributed by atoms with Crippen LogP contribution in [0.5, 0.6) is 17.2 Å². The van der Waals surface area contributed by atoms with Crippen LogP contribution in [0.1, 0.15) is 27.5 Å². The van der Waals surface area contributed by atoms with Gasteiger partial charge in [0.25, 0.3) is 10.0 Å². The summed E-state index contributed by atoms with van der Waals surface area (Å²) in [5.74, 6) is -5.31. The van der Waals surface area contributed by atoms with Gasteiger partial charge in [0.1, 0.15) is 21.7 Å². The maximum atomic E-state index is 13.7. The molecule has 258 valence electrons. The molecule has 0 bridgehead atoms. The van der Waals surface area contributed by atoms with Gasteiger partial charge >= 0.3 is 32.7 Å². The predicted octanol–water partition coefficient (Wildman–Crippen LogP) is 0.269. The molecule has 2 atom stereocenters. The Labute approximate surface area is 281 Å². The fraction of sp³-hybridized carbons (Fsp3) is 0.185. The number of phenols is 2. The van der Waals surface area contributed by atoms with Crippen molar-refractivity contribution in [2.75, 3.05) is 13.1 Å². The molecular formula is C27H25BClN4O14PS. The second-order valence-corrected chi connectivity index (χ2v) is 14.5. The minimum atomic E-state index is -4.77. The van der Waals surface area contributed by atoms with E-state index in [1.807, 2.05) is 0 Å². The summed E-state index contributed by atoms with van der Waals surface area (Å²) in [4.78, 5) is 70.6. The molecule has 5 rings (SSSR count). The van der Waals surface area contributed by atoms with Gasteiger partial charge in [0.2, 0.25) is 5.91 Å². The number of carboxylic acids is 1. The van der Waals surface area contributed by atoms with Gasteiger partial charge in [-0.2, -0.15) is 0 Å². The highest BCUT2D eigenvalue weighted by molar-refractivity contribution is 7.89. The molecular weight excluding hydrogens is 714 g/mol. The molecule has 0 spiro atoms. The number of sulfonamides is 1. The number of imide groups is 1. The summed E-state index contributed by atoms with van der Waals surface area (Å²) in [5, 5.41) is 43.1. The molecule has 3 aromatic carbocycles. The second kappa shape index (κ2) is 13.2. The molecule has 8 N–H and O–H groups in total. The van der Waals surface area contributed by atoms with Crippen molar-refractivity contribution in [3.05, 3.63) is 76.3 Å². The number of fused-ring (bicyclic) bond motifs is 1. The molecule has 0 radical (unpaired) electrons. The minimum absolute atomic E-state index is 0.0506. The van der Waals surface area contributed by atoms with Crippen LogP contribution in [-0.4, -0.2) is 97.8 Å². The number of amides is 5. The summed E-state index contributed by atoms with van der Waals surface area (Å²) in [6.07, 6.45) is -0.117. The third kappa shape index (κ3) is 6.87. The number of carbonyl (C=O) groups excluding carboxylic acids is 3. The number of phenolic OH excluding ortho intramolecular Hbond substituents is 2. The van der Waals surface area contributed by atoms with Gasteiger partial charge in [0.05, 0.1) is 29.9 Å². The number of nitrogens with zero attached hydrogens (tertiary/aromatic N) is 2. The summed E-state index contributed by atoms with van der Waals surface area (Å²) < 4.78 is 43.8. The maximum absolute atomic E-state index is 13.7. The monoisotopic (exact) mass is 738 g/mol. The van der Waals surface area contributed by atoms with E-state index >= 15 is 0 Å². The number of hydrogen-bond donors (Lipinski definition) is 8. The topological polar surface area (TPSA) is 281 Å². The molecule has 1 fully saturated rings. The lowest BCUT2D eigenvalue weighted by Gasteiger charge is -2.30. The van der Waals surface area contributed by atoms with Crippen LogP contribution in [0.25, 0.3) is 0 Å². The van der Waals surface area contributed by atoms with E-state index in [1.54, 1.807) is 0 Å². The standard InChI is InChI=1S/C27H25BClN4O14PS/c29-20-18(9-8-17(34)22(20)35)49(45,46)33-11-10-32(27(33)40)26(39)31-21(13-4-6-15(7-5-13)48(42,43)44)24(36)30-19-12-14-2-1-3-16(25(37)38)23(14)47-28(19)41/h1-9,19,21,34-35,41H,10-12H2,(H,30,36)(H,31,39)(H,37,38)(H2,42,43,44). The van der Waals surface area contributed by atoms with Crippen molar-refractivity contribution < 1.29 is 66.9 Å². The van der Waals surface area contributed by atoms with E-state index in [9.17, 15) is 62.3 Å². The van der Waals surface area contributed by atoms with Crippen molar-refractivity contribution in [3.8, 4) is 17.2 Å². The zero-order chi connectivity index (χ0) is 36.0. The first-order chi connectivity index (χ1) is 22.9. The Kier molecular flexibility index (Phi) is 9.57. The Morgan fingerprint density at radius 2 is 1.71 bits per heavy atom. The van der Waals surface area contributed by atoms with E-state index in [0.29, 0.717) is 10.5 Å². The Morgan fingerprint density at radius 1 is 1.04 bits per heavy atom. The van der Waals surface area contributed by atoms with Gasteiger partial charge in [-0.1, -0.05) is 35.9 Å². The van der Waals surface area contributed by atoms with Crippen LogP contribution in [0.2, 0.25) is 5.02 Å². The first-order valence-electron chi connectivity index (χ1n) is 13.9. The van der Waals surface area contributed by atoms with Crippen molar-refractivity contribution >= 4 is 65.6 Å². The number of carbonyl (C=O) groups is 4. The first kappa shape index (κ1) is 35.5. The van der Waals surface area contributed by atoms with E-state index in [-0.39, 0.29) is 27.6 Å². The predicted molar refractivity (Wildman–Crippen MR) is 168 cm³/mol. The number of benzene rings is 3. The quantitative estimate of drug-likeness (QED) is 0.0875.